The van der Waals surface area contributed by atoms with Gasteiger partial charge in [0, 0.05) is 6.20 Å². The van der Waals surface area contributed by atoms with Crippen LogP contribution in [0.2, 0.25) is 0 Å². The van der Waals surface area contributed by atoms with Crippen LogP contribution in [-0.2, 0) is 16.0 Å². The minimum absolute atomic E-state index is 0.137. The van der Waals surface area contributed by atoms with E-state index in [1.165, 1.54) is 0 Å². The Hall–Kier alpha value is -1.83. The molecule has 1 aromatic rings. The van der Waals surface area contributed by atoms with Gasteiger partial charge < -0.3 is 4.74 Å². The molecule has 0 saturated carbocycles. The summed E-state index contributed by atoms with van der Waals surface area (Å²) < 4.78 is 64.6. The molecule has 0 aromatic heterocycles. The number of benzene rings is 1. The van der Waals surface area contributed by atoms with Crippen LogP contribution in [0.25, 0.3) is 0 Å². The lowest BCUT2D eigenvalue weighted by Gasteiger charge is -2.09. The van der Waals surface area contributed by atoms with Crippen molar-refractivity contribution in [3.8, 4) is 5.75 Å². The summed E-state index contributed by atoms with van der Waals surface area (Å²) in [5, 5.41) is 0.755. The molecule has 1 aliphatic heterocycles. The molecule has 8 heteroatoms. The highest BCUT2D eigenvalue weighted by molar-refractivity contribution is 8.09. The number of rotatable bonds is 3. The van der Waals surface area contributed by atoms with E-state index in [1.54, 1.807) is 0 Å². The lowest BCUT2D eigenvalue weighted by Crippen LogP contribution is -2.17. The summed E-state index contributed by atoms with van der Waals surface area (Å²) in [5.74, 6) is 0.137. The number of ether oxygens (including phenoxy) is 1. The van der Waals surface area contributed by atoms with Gasteiger partial charge in [0.15, 0.2) is 5.04 Å². The van der Waals surface area contributed by atoms with Gasteiger partial charge in [-0.1, -0.05) is 0 Å². The third-order valence-corrected chi connectivity index (χ3v) is 3.69. The Morgan fingerprint density at radius 3 is 2.26 bits per heavy atom. The van der Waals surface area contributed by atoms with Gasteiger partial charge in [-0.25, -0.2) is 13.4 Å². The zero-order valence-corrected chi connectivity index (χ0v) is 10.2. The molecular weight excluding hydrogens is 283 g/mol. The summed E-state index contributed by atoms with van der Waals surface area (Å²) in [4.78, 5) is 3.60. The first-order chi connectivity index (χ1) is 8.79. The highest BCUT2D eigenvalue weighted by Crippen LogP contribution is 2.30. The van der Waals surface area contributed by atoms with Crippen molar-refractivity contribution < 1.29 is 26.3 Å². The molecule has 0 N–H and O–H groups in total. The number of aliphatic imine (C=N–C) groups is 1. The van der Waals surface area contributed by atoms with Gasteiger partial charge in [-0.3, -0.25) is 0 Å². The highest BCUT2D eigenvalue weighted by atomic mass is 32.2. The molecule has 0 radical (unpaired) electrons. The van der Waals surface area contributed by atoms with Gasteiger partial charge in [-0.2, -0.15) is 13.2 Å². The molecule has 0 saturated heterocycles. The van der Waals surface area contributed by atoms with Gasteiger partial charge in [0.1, 0.15) is 12.4 Å². The molecule has 4 nitrogen and oxygen atoms in total. The van der Waals surface area contributed by atoms with Crippen LogP contribution >= 0.6 is 0 Å². The number of alkyl halides is 3. The van der Waals surface area contributed by atoms with E-state index in [0.717, 1.165) is 35.9 Å². The number of sulfone groups is 1. The zero-order chi connectivity index (χ0) is 14.1. The van der Waals surface area contributed by atoms with Gasteiger partial charge >= 0.3 is 6.18 Å². The van der Waals surface area contributed by atoms with Gasteiger partial charge in [0.2, 0.25) is 9.84 Å². The normalized spacial score (nSPS) is 17.3. The first-order valence-electron chi connectivity index (χ1n) is 5.07. The summed E-state index contributed by atoms with van der Waals surface area (Å²) in [7, 11) is -3.52. The fraction of sp³-hybridized carbons (Fsp3) is 0.182. The summed E-state index contributed by atoms with van der Waals surface area (Å²) in [5.41, 5.74) is -0.799. The van der Waals surface area contributed by atoms with E-state index >= 15 is 0 Å². The molecule has 2 rings (SSSR count). The Balaban J connectivity index is 2.02. The van der Waals surface area contributed by atoms with Crippen molar-refractivity contribution in [3.05, 3.63) is 41.4 Å². The smallest absolute Gasteiger partial charge is 0.416 e. The molecule has 0 spiro atoms. The molecule has 1 aromatic carbocycles. The first kappa shape index (κ1) is 13.6. The third kappa shape index (κ3) is 3.14. The molecule has 0 bridgehead atoms. The molecule has 0 aliphatic carbocycles. The van der Waals surface area contributed by atoms with Crippen LogP contribution in [0.15, 0.2) is 40.9 Å². The molecule has 102 valence electrons. The topological polar surface area (TPSA) is 55.7 Å². The summed E-state index contributed by atoms with van der Waals surface area (Å²) in [6.45, 7) is -0.319. The first-order valence-corrected chi connectivity index (χ1v) is 6.62. The molecule has 1 aliphatic rings. The maximum absolute atomic E-state index is 12.3. The Kier molecular flexibility index (Phi) is 3.36. The van der Waals surface area contributed by atoms with E-state index in [1.807, 2.05) is 0 Å². The molecule has 19 heavy (non-hydrogen) atoms. The largest absolute Gasteiger partial charge is 0.487 e. The van der Waals surface area contributed by atoms with E-state index in [4.69, 9.17) is 4.74 Å². The molecule has 1 heterocycles. The minimum atomic E-state index is -4.42. The van der Waals surface area contributed by atoms with Crippen LogP contribution in [-0.4, -0.2) is 20.1 Å². The predicted molar refractivity (Wildman–Crippen MR) is 62.4 cm³/mol. The lowest BCUT2D eigenvalue weighted by molar-refractivity contribution is -0.137. The SMILES string of the molecule is O=S1(=O)C=CN=C1COc1ccc(C(F)(F)F)cc1. The van der Waals surface area contributed by atoms with Crippen molar-refractivity contribution in [2.75, 3.05) is 6.61 Å². The summed E-state index contributed by atoms with van der Waals surface area (Å²) in [6.07, 6.45) is -3.29. The second kappa shape index (κ2) is 4.69. The number of hydrogen-bond donors (Lipinski definition) is 0. The van der Waals surface area contributed by atoms with E-state index < -0.39 is 21.6 Å². The van der Waals surface area contributed by atoms with Crippen LogP contribution in [0, 0.1) is 0 Å². The average Bonchev–Trinajstić information content (AvgIpc) is 2.65. The Morgan fingerprint density at radius 1 is 1.16 bits per heavy atom. The van der Waals surface area contributed by atoms with Crippen molar-refractivity contribution in [3.63, 3.8) is 0 Å². The molecule has 0 fully saturated rings. The molecule has 0 atom stereocenters. The molecule has 0 unspecified atom stereocenters. The van der Waals surface area contributed by atoms with Gasteiger partial charge in [-0.15, -0.1) is 0 Å². The van der Waals surface area contributed by atoms with Crippen molar-refractivity contribution in [2.45, 2.75) is 6.18 Å². The van der Waals surface area contributed by atoms with Crippen LogP contribution in [0.3, 0.4) is 0 Å². The summed E-state index contributed by atoms with van der Waals surface area (Å²) in [6, 6.07) is 3.97. The average molecular weight is 291 g/mol. The van der Waals surface area contributed by atoms with Gasteiger partial charge in [0.05, 0.1) is 11.0 Å². The van der Waals surface area contributed by atoms with E-state index in [2.05, 4.69) is 4.99 Å². The minimum Gasteiger partial charge on any atom is -0.487 e. The second-order valence-corrected chi connectivity index (χ2v) is 5.50. The van der Waals surface area contributed by atoms with Gasteiger partial charge in [0.25, 0.3) is 0 Å². The van der Waals surface area contributed by atoms with Crippen LogP contribution in [0.5, 0.6) is 5.75 Å². The predicted octanol–water partition coefficient (Wildman–Crippen LogP) is 2.38. The zero-order valence-electron chi connectivity index (χ0n) is 9.39. The fourth-order valence-corrected chi connectivity index (χ4v) is 2.16. The van der Waals surface area contributed by atoms with Crippen molar-refractivity contribution in [1.29, 1.82) is 0 Å². The number of halogens is 3. The second-order valence-electron chi connectivity index (χ2n) is 3.66. The Bertz CT molecular complexity index is 630. The van der Waals surface area contributed by atoms with Crippen molar-refractivity contribution in [2.24, 2.45) is 4.99 Å². The van der Waals surface area contributed by atoms with Gasteiger partial charge in [-0.05, 0) is 24.3 Å². The molecular formula is C11H8F3NO3S. The highest BCUT2D eigenvalue weighted by Gasteiger charge is 2.30. The maximum atomic E-state index is 12.3. The lowest BCUT2D eigenvalue weighted by atomic mass is 10.2. The fourth-order valence-electron chi connectivity index (χ4n) is 1.35. The monoisotopic (exact) mass is 291 g/mol. The number of hydrogen-bond acceptors (Lipinski definition) is 4. The number of nitrogens with zero attached hydrogens (tertiary/aromatic N) is 1. The van der Waals surface area contributed by atoms with E-state index in [0.29, 0.717) is 0 Å². The standard InChI is InChI=1S/C11H8F3NO3S/c12-11(13,14)8-1-3-9(4-2-8)18-7-10-15-5-6-19(10,16)17/h1-6H,7H2. The quantitative estimate of drug-likeness (QED) is 0.859. The Labute approximate surface area is 107 Å². The maximum Gasteiger partial charge on any atom is 0.416 e. The Morgan fingerprint density at radius 2 is 1.79 bits per heavy atom. The molecule has 0 amide bonds. The summed E-state index contributed by atoms with van der Waals surface area (Å²) >= 11 is 0. The van der Waals surface area contributed by atoms with E-state index in [9.17, 15) is 21.6 Å². The van der Waals surface area contributed by atoms with E-state index in [-0.39, 0.29) is 17.4 Å². The van der Waals surface area contributed by atoms with Crippen molar-refractivity contribution >= 4 is 14.9 Å². The van der Waals surface area contributed by atoms with Crippen LogP contribution in [0.4, 0.5) is 13.2 Å². The third-order valence-electron chi connectivity index (χ3n) is 2.33. The van der Waals surface area contributed by atoms with Crippen LogP contribution in [0.1, 0.15) is 5.56 Å². The van der Waals surface area contributed by atoms with Crippen LogP contribution < -0.4 is 4.74 Å². The van der Waals surface area contributed by atoms with Crippen molar-refractivity contribution in [1.82, 2.24) is 0 Å².